The molecule has 0 aromatic rings. The fourth-order valence-corrected chi connectivity index (χ4v) is 2.58. The summed E-state index contributed by atoms with van der Waals surface area (Å²) in [7, 11) is -2.82. The normalized spacial score (nSPS) is 23.1. The van der Waals surface area contributed by atoms with Crippen LogP contribution in [0.4, 0.5) is 0 Å². The van der Waals surface area contributed by atoms with Crippen LogP contribution in [0.3, 0.4) is 0 Å². The lowest BCUT2D eigenvalue weighted by Gasteiger charge is -2.20. The summed E-state index contributed by atoms with van der Waals surface area (Å²) in [5.41, 5.74) is 0. The number of hydrogen-bond acceptors (Lipinski definition) is 4. The van der Waals surface area contributed by atoms with Crippen molar-refractivity contribution in [2.24, 2.45) is 5.92 Å². The highest BCUT2D eigenvalue weighted by Crippen LogP contribution is 2.17. The molecule has 0 spiro atoms. The SMILES string of the molecule is CC(C)N1CCC(CNCCS(C)(=O)=O)C1. The number of likely N-dealkylation sites (tertiary alicyclic amines) is 1. The van der Waals surface area contributed by atoms with Crippen molar-refractivity contribution in [1.29, 1.82) is 0 Å². The Morgan fingerprint density at radius 3 is 2.62 bits per heavy atom. The smallest absolute Gasteiger partial charge is 0.148 e. The third-order valence-electron chi connectivity index (χ3n) is 3.13. The second kappa shape index (κ2) is 5.98. The van der Waals surface area contributed by atoms with Gasteiger partial charge in [-0.15, -0.1) is 0 Å². The van der Waals surface area contributed by atoms with Crippen molar-refractivity contribution in [1.82, 2.24) is 10.2 Å². The van der Waals surface area contributed by atoms with Crippen LogP contribution in [0.15, 0.2) is 0 Å². The Labute approximate surface area is 99.3 Å². The first-order chi connectivity index (χ1) is 7.38. The van der Waals surface area contributed by atoms with E-state index in [0.717, 1.165) is 13.1 Å². The second-order valence-corrected chi connectivity index (χ2v) is 7.34. The van der Waals surface area contributed by atoms with Crippen molar-refractivity contribution in [3.8, 4) is 0 Å². The molecule has 5 heteroatoms. The van der Waals surface area contributed by atoms with Crippen LogP contribution in [0, 0.1) is 5.92 Å². The third-order valence-corrected chi connectivity index (χ3v) is 4.08. The molecule has 0 aromatic carbocycles. The Hall–Kier alpha value is -0.130. The average molecular weight is 248 g/mol. The van der Waals surface area contributed by atoms with Crippen LogP contribution in [0.1, 0.15) is 20.3 Å². The molecule has 1 heterocycles. The van der Waals surface area contributed by atoms with E-state index in [2.05, 4.69) is 24.1 Å². The third kappa shape index (κ3) is 5.27. The van der Waals surface area contributed by atoms with Crippen LogP contribution in [-0.4, -0.2) is 57.5 Å². The lowest BCUT2D eigenvalue weighted by molar-refractivity contribution is 0.264. The molecule has 96 valence electrons. The topological polar surface area (TPSA) is 49.4 Å². The number of hydrogen-bond donors (Lipinski definition) is 1. The number of nitrogens with one attached hydrogen (secondary N) is 1. The van der Waals surface area contributed by atoms with Crippen LogP contribution >= 0.6 is 0 Å². The summed E-state index contributed by atoms with van der Waals surface area (Å²) in [6.45, 7) is 8.29. The van der Waals surface area contributed by atoms with E-state index in [0.29, 0.717) is 18.5 Å². The highest BCUT2D eigenvalue weighted by atomic mass is 32.2. The van der Waals surface area contributed by atoms with E-state index in [4.69, 9.17) is 0 Å². The van der Waals surface area contributed by atoms with Gasteiger partial charge in [-0.25, -0.2) is 8.42 Å². The Morgan fingerprint density at radius 2 is 2.12 bits per heavy atom. The molecule has 0 saturated carbocycles. The van der Waals surface area contributed by atoms with Crippen LogP contribution in [0.2, 0.25) is 0 Å². The summed E-state index contributed by atoms with van der Waals surface area (Å²) >= 11 is 0. The van der Waals surface area contributed by atoms with E-state index in [1.807, 2.05) is 0 Å². The minimum atomic E-state index is -2.82. The molecule has 1 rings (SSSR count). The van der Waals surface area contributed by atoms with Crippen molar-refractivity contribution in [2.45, 2.75) is 26.3 Å². The standard InChI is InChI=1S/C11H24N2O2S/c1-10(2)13-6-4-11(9-13)8-12-5-7-16(3,14)15/h10-12H,4-9H2,1-3H3. The summed E-state index contributed by atoms with van der Waals surface area (Å²) < 4.78 is 21.8. The van der Waals surface area contributed by atoms with Crippen molar-refractivity contribution >= 4 is 9.84 Å². The van der Waals surface area contributed by atoms with Gasteiger partial charge in [-0.3, -0.25) is 0 Å². The van der Waals surface area contributed by atoms with Crippen LogP contribution in [-0.2, 0) is 9.84 Å². The van der Waals surface area contributed by atoms with Crippen LogP contribution in [0.25, 0.3) is 0 Å². The molecule has 1 aliphatic heterocycles. The molecule has 0 bridgehead atoms. The van der Waals surface area contributed by atoms with Gasteiger partial charge in [-0.2, -0.15) is 0 Å². The van der Waals surface area contributed by atoms with E-state index in [1.165, 1.54) is 19.2 Å². The van der Waals surface area contributed by atoms with Crippen LogP contribution in [0.5, 0.6) is 0 Å². The molecular weight excluding hydrogens is 224 g/mol. The lowest BCUT2D eigenvalue weighted by atomic mass is 10.1. The van der Waals surface area contributed by atoms with E-state index in [1.54, 1.807) is 0 Å². The molecule has 1 fully saturated rings. The summed E-state index contributed by atoms with van der Waals surface area (Å²) in [5, 5.41) is 3.24. The first-order valence-corrected chi connectivity index (χ1v) is 8.07. The molecule has 1 saturated heterocycles. The predicted octanol–water partition coefficient (Wildman–Crippen LogP) is 0.351. The quantitative estimate of drug-likeness (QED) is 0.689. The van der Waals surface area contributed by atoms with Crippen molar-refractivity contribution < 1.29 is 8.42 Å². The van der Waals surface area contributed by atoms with Crippen molar-refractivity contribution in [2.75, 3.05) is 38.2 Å². The molecule has 1 N–H and O–H groups in total. The van der Waals surface area contributed by atoms with Gasteiger partial charge < -0.3 is 10.2 Å². The first-order valence-electron chi connectivity index (χ1n) is 6.01. The van der Waals surface area contributed by atoms with Gasteiger partial charge in [0.1, 0.15) is 9.84 Å². The lowest BCUT2D eigenvalue weighted by Crippen LogP contribution is -2.32. The van der Waals surface area contributed by atoms with Gasteiger partial charge in [0, 0.05) is 25.4 Å². The molecule has 16 heavy (non-hydrogen) atoms. The van der Waals surface area contributed by atoms with Gasteiger partial charge >= 0.3 is 0 Å². The predicted molar refractivity (Wildman–Crippen MR) is 67.4 cm³/mol. The number of nitrogens with zero attached hydrogens (tertiary/aromatic N) is 1. The second-order valence-electron chi connectivity index (χ2n) is 5.08. The maximum absolute atomic E-state index is 10.9. The zero-order valence-corrected chi connectivity index (χ0v) is 11.4. The fraction of sp³-hybridized carbons (Fsp3) is 1.00. The van der Waals surface area contributed by atoms with Crippen LogP contribution < -0.4 is 5.32 Å². The van der Waals surface area contributed by atoms with E-state index >= 15 is 0 Å². The number of sulfone groups is 1. The minimum absolute atomic E-state index is 0.244. The zero-order valence-electron chi connectivity index (χ0n) is 10.6. The fourth-order valence-electron chi connectivity index (χ4n) is 2.06. The molecular formula is C11H24N2O2S. The largest absolute Gasteiger partial charge is 0.315 e. The van der Waals surface area contributed by atoms with Gasteiger partial charge in [0.25, 0.3) is 0 Å². The Kier molecular flexibility index (Phi) is 5.21. The van der Waals surface area contributed by atoms with Gasteiger partial charge in [0.2, 0.25) is 0 Å². The van der Waals surface area contributed by atoms with Crippen molar-refractivity contribution in [3.63, 3.8) is 0 Å². The summed E-state index contributed by atoms with van der Waals surface area (Å²) in [5.74, 6) is 0.926. The molecule has 1 aliphatic rings. The van der Waals surface area contributed by atoms with Gasteiger partial charge in [-0.1, -0.05) is 0 Å². The number of rotatable bonds is 6. The monoisotopic (exact) mass is 248 g/mol. The van der Waals surface area contributed by atoms with E-state index in [9.17, 15) is 8.42 Å². The highest BCUT2D eigenvalue weighted by Gasteiger charge is 2.23. The summed E-state index contributed by atoms with van der Waals surface area (Å²) in [4.78, 5) is 2.48. The first kappa shape index (κ1) is 13.9. The van der Waals surface area contributed by atoms with Gasteiger partial charge in [0.05, 0.1) is 5.75 Å². The summed E-state index contributed by atoms with van der Waals surface area (Å²) in [6.07, 6.45) is 2.51. The highest BCUT2D eigenvalue weighted by molar-refractivity contribution is 7.90. The molecule has 4 nitrogen and oxygen atoms in total. The molecule has 0 aromatic heterocycles. The van der Waals surface area contributed by atoms with E-state index in [-0.39, 0.29) is 5.75 Å². The van der Waals surface area contributed by atoms with Gasteiger partial charge in [0.15, 0.2) is 0 Å². The Bertz CT molecular complexity index is 301. The maximum atomic E-state index is 10.9. The van der Waals surface area contributed by atoms with Crippen molar-refractivity contribution in [3.05, 3.63) is 0 Å². The maximum Gasteiger partial charge on any atom is 0.148 e. The summed E-state index contributed by atoms with van der Waals surface area (Å²) in [6, 6.07) is 0.626. The Balaban J connectivity index is 2.11. The molecule has 0 amide bonds. The molecule has 0 aliphatic carbocycles. The zero-order chi connectivity index (χ0) is 12.2. The average Bonchev–Trinajstić information content (AvgIpc) is 2.59. The molecule has 0 radical (unpaired) electrons. The molecule has 1 atom stereocenters. The van der Waals surface area contributed by atoms with E-state index < -0.39 is 9.84 Å². The van der Waals surface area contributed by atoms with Gasteiger partial charge in [-0.05, 0) is 39.3 Å². The molecule has 1 unspecified atom stereocenters. The Morgan fingerprint density at radius 1 is 1.44 bits per heavy atom. The minimum Gasteiger partial charge on any atom is -0.315 e.